The Hall–Kier alpha value is -1.08. The summed E-state index contributed by atoms with van der Waals surface area (Å²) < 4.78 is 23.6. The Morgan fingerprint density at radius 2 is 1.83 bits per heavy atom. The number of fused-ring (bicyclic) bond motifs is 1. The van der Waals surface area contributed by atoms with E-state index in [0.29, 0.717) is 0 Å². The van der Waals surface area contributed by atoms with Gasteiger partial charge in [-0.15, -0.1) is 0 Å². The van der Waals surface area contributed by atoms with E-state index < -0.39 is 11.9 Å². The lowest BCUT2D eigenvalue weighted by molar-refractivity contribution is -0.190. The average molecular weight is 338 g/mol. The van der Waals surface area contributed by atoms with E-state index in [1.54, 1.807) is 11.8 Å². The van der Waals surface area contributed by atoms with Crippen LogP contribution in [0.2, 0.25) is 0 Å². The van der Waals surface area contributed by atoms with Crippen LogP contribution in [0.3, 0.4) is 0 Å². The van der Waals surface area contributed by atoms with Crippen LogP contribution in [0.15, 0.2) is 35.2 Å². The fourth-order valence-corrected chi connectivity index (χ4v) is 4.16. The maximum atomic E-state index is 11.4. The van der Waals surface area contributed by atoms with Crippen LogP contribution in [0, 0.1) is 0 Å². The van der Waals surface area contributed by atoms with Crippen molar-refractivity contribution in [2.24, 2.45) is 0 Å². The topological polar surface area (TPSA) is 54.0 Å². The molecule has 0 aliphatic carbocycles. The van der Waals surface area contributed by atoms with Crippen molar-refractivity contribution < 1.29 is 23.7 Å². The fraction of sp³-hybridized carbons (Fsp3) is 0.588. The minimum atomic E-state index is -0.726. The molecule has 0 saturated carbocycles. The zero-order chi connectivity index (χ0) is 16.6. The summed E-state index contributed by atoms with van der Waals surface area (Å²) in [4.78, 5) is 12.5. The second-order valence-corrected chi connectivity index (χ2v) is 7.45. The molecule has 6 heteroatoms. The molecule has 0 amide bonds. The standard InChI is InChI=1S/C17H22O5S/c1-10-13(20-11(2)18)14-15(22-17(3,4)21-14)16(19-10)23-12-8-6-5-7-9-12/h5-10,13-16H,1-4H3/t10-,13-,14+,15+,16-/m0/s1. The number of ether oxygens (including phenoxy) is 4. The Labute approximate surface area is 140 Å². The van der Waals surface area contributed by atoms with Gasteiger partial charge in [0.2, 0.25) is 0 Å². The Kier molecular flexibility index (Phi) is 4.69. The van der Waals surface area contributed by atoms with Gasteiger partial charge in [-0.3, -0.25) is 4.79 Å². The number of carbonyl (C=O) groups is 1. The Balaban J connectivity index is 1.82. The van der Waals surface area contributed by atoms with Crippen molar-refractivity contribution in [1.29, 1.82) is 0 Å². The number of hydrogen-bond acceptors (Lipinski definition) is 6. The number of carbonyl (C=O) groups excluding carboxylic acids is 1. The highest BCUT2D eigenvalue weighted by atomic mass is 32.2. The van der Waals surface area contributed by atoms with Crippen molar-refractivity contribution >= 4 is 17.7 Å². The molecule has 0 radical (unpaired) electrons. The second kappa shape index (κ2) is 6.43. The van der Waals surface area contributed by atoms with Gasteiger partial charge in [-0.05, 0) is 32.9 Å². The molecule has 1 aromatic rings. The van der Waals surface area contributed by atoms with E-state index in [2.05, 4.69) is 0 Å². The monoisotopic (exact) mass is 338 g/mol. The average Bonchev–Trinajstić information content (AvgIpc) is 2.80. The van der Waals surface area contributed by atoms with Gasteiger partial charge in [-0.2, -0.15) is 0 Å². The predicted molar refractivity (Wildman–Crippen MR) is 86.0 cm³/mol. The Bertz CT molecular complexity index is 561. The Morgan fingerprint density at radius 1 is 1.17 bits per heavy atom. The van der Waals surface area contributed by atoms with Crippen LogP contribution in [0.4, 0.5) is 0 Å². The van der Waals surface area contributed by atoms with Crippen molar-refractivity contribution in [3.63, 3.8) is 0 Å². The highest BCUT2D eigenvalue weighted by molar-refractivity contribution is 7.99. The van der Waals surface area contributed by atoms with Crippen LogP contribution in [-0.2, 0) is 23.7 Å². The van der Waals surface area contributed by atoms with E-state index in [-0.39, 0.29) is 29.7 Å². The summed E-state index contributed by atoms with van der Waals surface area (Å²) >= 11 is 1.60. The molecular formula is C17H22O5S. The molecule has 0 aromatic heterocycles. The highest BCUT2D eigenvalue weighted by Gasteiger charge is 2.55. The molecule has 0 spiro atoms. The minimum absolute atomic E-state index is 0.217. The van der Waals surface area contributed by atoms with Gasteiger partial charge in [-0.25, -0.2) is 0 Å². The summed E-state index contributed by atoms with van der Waals surface area (Å²) in [6, 6.07) is 10.0. The molecule has 2 fully saturated rings. The number of thioether (sulfide) groups is 1. The largest absolute Gasteiger partial charge is 0.457 e. The Morgan fingerprint density at radius 3 is 2.48 bits per heavy atom. The van der Waals surface area contributed by atoms with Gasteiger partial charge in [0.15, 0.2) is 11.9 Å². The smallest absolute Gasteiger partial charge is 0.303 e. The third kappa shape index (κ3) is 3.71. The van der Waals surface area contributed by atoms with Gasteiger partial charge in [0, 0.05) is 11.8 Å². The normalized spacial score (nSPS) is 35.6. The molecule has 1 aromatic carbocycles. The van der Waals surface area contributed by atoms with Crippen molar-refractivity contribution in [3.8, 4) is 0 Å². The van der Waals surface area contributed by atoms with Crippen LogP contribution in [-0.4, -0.2) is 41.6 Å². The van der Waals surface area contributed by atoms with Gasteiger partial charge >= 0.3 is 5.97 Å². The maximum absolute atomic E-state index is 11.4. The molecule has 0 unspecified atom stereocenters. The third-order valence-electron chi connectivity index (χ3n) is 3.86. The van der Waals surface area contributed by atoms with Gasteiger partial charge in [0.05, 0.1) is 6.10 Å². The first-order chi connectivity index (χ1) is 10.9. The lowest BCUT2D eigenvalue weighted by Crippen LogP contribution is -2.55. The van der Waals surface area contributed by atoms with Crippen LogP contribution in [0.25, 0.3) is 0 Å². The quantitative estimate of drug-likeness (QED) is 0.790. The molecule has 2 aliphatic heterocycles. The summed E-state index contributed by atoms with van der Waals surface area (Å²) in [5.74, 6) is -1.07. The third-order valence-corrected chi connectivity index (χ3v) is 5.02. The van der Waals surface area contributed by atoms with Crippen molar-refractivity contribution in [3.05, 3.63) is 30.3 Å². The summed E-state index contributed by atoms with van der Waals surface area (Å²) in [5.41, 5.74) is -0.217. The van der Waals surface area contributed by atoms with Gasteiger partial charge in [0.1, 0.15) is 17.6 Å². The van der Waals surface area contributed by atoms with Gasteiger partial charge < -0.3 is 18.9 Å². The van der Waals surface area contributed by atoms with Gasteiger partial charge in [0.25, 0.3) is 0 Å². The van der Waals surface area contributed by atoms with Crippen LogP contribution < -0.4 is 0 Å². The lowest BCUT2D eigenvalue weighted by atomic mass is 10.0. The molecule has 2 heterocycles. The molecule has 5 nitrogen and oxygen atoms in total. The molecule has 0 bridgehead atoms. The van der Waals surface area contributed by atoms with E-state index in [1.807, 2.05) is 51.1 Å². The van der Waals surface area contributed by atoms with E-state index in [1.165, 1.54) is 6.92 Å². The van der Waals surface area contributed by atoms with Gasteiger partial charge in [-0.1, -0.05) is 30.0 Å². The number of benzene rings is 1. The zero-order valence-corrected chi connectivity index (χ0v) is 14.5. The van der Waals surface area contributed by atoms with E-state index in [4.69, 9.17) is 18.9 Å². The summed E-state index contributed by atoms with van der Waals surface area (Å²) in [6.07, 6.45) is -1.36. The zero-order valence-electron chi connectivity index (χ0n) is 13.7. The summed E-state index contributed by atoms with van der Waals surface area (Å²) in [7, 11) is 0. The van der Waals surface area contributed by atoms with Crippen LogP contribution >= 0.6 is 11.8 Å². The maximum Gasteiger partial charge on any atom is 0.303 e. The number of rotatable bonds is 3. The first-order valence-corrected chi connectivity index (χ1v) is 8.64. The molecule has 0 N–H and O–H groups in total. The first-order valence-electron chi connectivity index (χ1n) is 7.76. The molecule has 126 valence electrons. The van der Waals surface area contributed by atoms with Crippen molar-refractivity contribution in [2.75, 3.05) is 0 Å². The SMILES string of the molecule is CC(=O)O[C@@H]1[C@H]2OC(C)(C)O[C@H]2[C@H](Sc2ccccc2)O[C@H]1C. The number of esters is 1. The first kappa shape index (κ1) is 16.8. The van der Waals surface area contributed by atoms with Crippen LogP contribution in [0.5, 0.6) is 0 Å². The molecular weight excluding hydrogens is 316 g/mol. The molecule has 2 aliphatic rings. The van der Waals surface area contributed by atoms with Crippen molar-refractivity contribution in [2.45, 2.75) is 68.2 Å². The summed E-state index contributed by atoms with van der Waals surface area (Å²) in [6.45, 7) is 7.03. The minimum Gasteiger partial charge on any atom is -0.457 e. The molecule has 23 heavy (non-hydrogen) atoms. The predicted octanol–water partition coefficient (Wildman–Crippen LogP) is 2.98. The van der Waals surface area contributed by atoms with E-state index in [0.717, 1.165) is 4.90 Å². The molecule has 2 saturated heterocycles. The lowest BCUT2D eigenvalue weighted by Gasteiger charge is -2.40. The summed E-state index contributed by atoms with van der Waals surface area (Å²) in [5, 5.41) is 0. The molecule has 5 atom stereocenters. The molecule has 3 rings (SSSR count). The fourth-order valence-electron chi connectivity index (χ4n) is 3.00. The number of hydrogen-bond donors (Lipinski definition) is 0. The second-order valence-electron chi connectivity index (χ2n) is 6.28. The van der Waals surface area contributed by atoms with E-state index in [9.17, 15) is 4.79 Å². The highest BCUT2D eigenvalue weighted by Crippen LogP contribution is 2.43. The van der Waals surface area contributed by atoms with Crippen LogP contribution in [0.1, 0.15) is 27.7 Å². The van der Waals surface area contributed by atoms with E-state index >= 15 is 0 Å². The van der Waals surface area contributed by atoms with Crippen molar-refractivity contribution in [1.82, 2.24) is 0 Å².